The minimum Gasteiger partial charge on any atom is -0.337 e. The Labute approximate surface area is 148 Å². The van der Waals surface area contributed by atoms with Gasteiger partial charge >= 0.3 is 0 Å². The minimum atomic E-state index is 0.0691. The summed E-state index contributed by atoms with van der Waals surface area (Å²) in [5.41, 5.74) is 2.72. The monoisotopic (exact) mass is 342 g/mol. The standard InChI is InChI=1S/C20H26N2OS/c1-20(2,3)19(17-9-6-12-24-17)21-13-18(23)22-11-10-15-7-4-5-8-16(15)14-22/h4-9,12,19,21H,10-11,13-14H2,1-3H3/t19-/m1/s1. The summed E-state index contributed by atoms with van der Waals surface area (Å²) in [5, 5.41) is 5.60. The summed E-state index contributed by atoms with van der Waals surface area (Å²) in [6, 6.07) is 12.8. The van der Waals surface area contributed by atoms with Gasteiger partial charge in [-0.25, -0.2) is 0 Å². The molecule has 0 radical (unpaired) electrons. The predicted octanol–water partition coefficient (Wildman–Crippen LogP) is 4.01. The molecule has 1 N–H and O–H groups in total. The van der Waals surface area contributed by atoms with Gasteiger partial charge in [0.25, 0.3) is 0 Å². The molecule has 3 rings (SSSR count). The molecule has 1 atom stereocenters. The van der Waals surface area contributed by atoms with Crippen LogP contribution in [0.1, 0.15) is 42.8 Å². The van der Waals surface area contributed by atoms with Crippen molar-refractivity contribution >= 4 is 17.2 Å². The topological polar surface area (TPSA) is 32.3 Å². The third-order valence-corrected chi connectivity index (χ3v) is 5.57. The van der Waals surface area contributed by atoms with E-state index in [-0.39, 0.29) is 17.4 Å². The smallest absolute Gasteiger partial charge is 0.236 e. The number of hydrogen-bond donors (Lipinski definition) is 1. The van der Waals surface area contributed by atoms with Crippen LogP contribution in [0.2, 0.25) is 0 Å². The van der Waals surface area contributed by atoms with Crippen LogP contribution in [-0.2, 0) is 17.8 Å². The molecule has 2 heterocycles. The number of fused-ring (bicyclic) bond motifs is 1. The molecule has 0 unspecified atom stereocenters. The lowest BCUT2D eigenvalue weighted by atomic mass is 9.86. The Morgan fingerprint density at radius 1 is 1.21 bits per heavy atom. The van der Waals surface area contributed by atoms with Crippen LogP contribution in [0.25, 0.3) is 0 Å². The van der Waals surface area contributed by atoms with Gasteiger partial charge in [0.1, 0.15) is 0 Å². The Hall–Kier alpha value is -1.65. The molecule has 0 aliphatic carbocycles. The molecule has 2 aromatic rings. The van der Waals surface area contributed by atoms with Gasteiger partial charge in [0.2, 0.25) is 5.91 Å². The molecule has 1 aromatic heterocycles. The van der Waals surface area contributed by atoms with E-state index >= 15 is 0 Å². The fraction of sp³-hybridized carbons (Fsp3) is 0.450. The van der Waals surface area contributed by atoms with Gasteiger partial charge in [-0.05, 0) is 34.4 Å². The molecular weight excluding hydrogens is 316 g/mol. The third kappa shape index (κ3) is 3.87. The highest BCUT2D eigenvalue weighted by Gasteiger charge is 2.28. The van der Waals surface area contributed by atoms with Crippen LogP contribution in [-0.4, -0.2) is 23.9 Å². The van der Waals surface area contributed by atoms with Gasteiger partial charge in [-0.2, -0.15) is 0 Å². The second kappa shape index (κ2) is 7.08. The number of carbonyl (C=O) groups excluding carboxylic acids is 1. The molecule has 0 saturated carbocycles. The van der Waals surface area contributed by atoms with Crippen molar-refractivity contribution < 1.29 is 4.79 Å². The lowest BCUT2D eigenvalue weighted by Gasteiger charge is -2.33. The molecule has 1 amide bonds. The molecular formula is C20H26N2OS. The summed E-state index contributed by atoms with van der Waals surface area (Å²) in [6.45, 7) is 8.58. The molecule has 1 aliphatic heterocycles. The van der Waals surface area contributed by atoms with E-state index in [1.807, 2.05) is 4.90 Å². The first-order valence-corrected chi connectivity index (χ1v) is 9.44. The van der Waals surface area contributed by atoms with Crippen LogP contribution in [0.4, 0.5) is 0 Å². The highest BCUT2D eigenvalue weighted by atomic mass is 32.1. The minimum absolute atomic E-state index is 0.0691. The van der Waals surface area contributed by atoms with E-state index < -0.39 is 0 Å². The summed E-state index contributed by atoms with van der Waals surface area (Å²) >= 11 is 1.75. The number of amides is 1. The molecule has 1 aromatic carbocycles. The van der Waals surface area contributed by atoms with Gasteiger partial charge in [-0.1, -0.05) is 51.1 Å². The normalized spacial score (nSPS) is 15.9. The molecule has 0 fully saturated rings. The number of carbonyl (C=O) groups is 1. The van der Waals surface area contributed by atoms with Gasteiger partial charge in [0, 0.05) is 24.0 Å². The van der Waals surface area contributed by atoms with Crippen molar-refractivity contribution in [3.63, 3.8) is 0 Å². The summed E-state index contributed by atoms with van der Waals surface area (Å²) in [7, 11) is 0. The molecule has 0 spiro atoms. The first-order valence-electron chi connectivity index (χ1n) is 8.56. The number of nitrogens with zero attached hydrogens (tertiary/aromatic N) is 1. The van der Waals surface area contributed by atoms with E-state index in [1.165, 1.54) is 16.0 Å². The Kier molecular flexibility index (Phi) is 5.07. The number of benzene rings is 1. The predicted molar refractivity (Wildman–Crippen MR) is 100 cm³/mol. The van der Waals surface area contributed by atoms with Crippen molar-refractivity contribution in [1.82, 2.24) is 10.2 Å². The molecule has 0 bridgehead atoms. The molecule has 1 aliphatic rings. The van der Waals surface area contributed by atoms with Crippen LogP contribution in [0.3, 0.4) is 0 Å². The maximum absolute atomic E-state index is 12.7. The summed E-state index contributed by atoms with van der Waals surface area (Å²) in [4.78, 5) is 15.9. The van der Waals surface area contributed by atoms with Crippen LogP contribution < -0.4 is 5.32 Å². The van der Waals surface area contributed by atoms with Crippen LogP contribution in [0.5, 0.6) is 0 Å². The second-order valence-corrected chi connectivity index (χ2v) is 8.51. The van der Waals surface area contributed by atoms with Gasteiger partial charge < -0.3 is 10.2 Å². The number of rotatable bonds is 4. The van der Waals surface area contributed by atoms with Crippen molar-refractivity contribution in [3.05, 3.63) is 57.8 Å². The van der Waals surface area contributed by atoms with Crippen LogP contribution >= 0.6 is 11.3 Å². The summed E-state index contributed by atoms with van der Waals surface area (Å²) < 4.78 is 0. The molecule has 24 heavy (non-hydrogen) atoms. The van der Waals surface area contributed by atoms with E-state index in [2.05, 4.69) is 67.9 Å². The fourth-order valence-electron chi connectivity index (χ4n) is 3.30. The summed E-state index contributed by atoms with van der Waals surface area (Å²) in [5.74, 6) is 0.190. The van der Waals surface area contributed by atoms with Crippen molar-refractivity contribution in [1.29, 1.82) is 0 Å². The average molecular weight is 343 g/mol. The Bertz CT molecular complexity index is 688. The molecule has 4 heteroatoms. The van der Waals surface area contributed by atoms with E-state index in [0.717, 1.165) is 19.5 Å². The maximum Gasteiger partial charge on any atom is 0.236 e. The van der Waals surface area contributed by atoms with Crippen molar-refractivity contribution in [3.8, 4) is 0 Å². The fourth-order valence-corrected chi connectivity index (χ4v) is 4.34. The quantitative estimate of drug-likeness (QED) is 0.910. The largest absolute Gasteiger partial charge is 0.337 e. The second-order valence-electron chi connectivity index (χ2n) is 7.53. The van der Waals surface area contributed by atoms with E-state index in [0.29, 0.717) is 6.54 Å². The van der Waals surface area contributed by atoms with E-state index in [9.17, 15) is 4.79 Å². The highest BCUT2D eigenvalue weighted by Crippen LogP contribution is 2.35. The number of hydrogen-bond acceptors (Lipinski definition) is 3. The SMILES string of the molecule is CC(C)(C)[C@H](NCC(=O)N1CCc2ccccc2C1)c1cccs1. The lowest BCUT2D eigenvalue weighted by molar-refractivity contribution is -0.131. The van der Waals surface area contributed by atoms with E-state index in [1.54, 1.807) is 11.3 Å². The number of thiophene rings is 1. The zero-order chi connectivity index (χ0) is 17.2. The Morgan fingerprint density at radius 2 is 1.96 bits per heavy atom. The molecule has 128 valence electrons. The Morgan fingerprint density at radius 3 is 2.62 bits per heavy atom. The zero-order valence-electron chi connectivity index (χ0n) is 14.7. The van der Waals surface area contributed by atoms with Gasteiger partial charge in [0.05, 0.1) is 6.54 Å². The average Bonchev–Trinajstić information content (AvgIpc) is 3.07. The van der Waals surface area contributed by atoms with Gasteiger partial charge in [-0.3, -0.25) is 4.79 Å². The van der Waals surface area contributed by atoms with Gasteiger partial charge in [-0.15, -0.1) is 11.3 Å². The molecule has 3 nitrogen and oxygen atoms in total. The maximum atomic E-state index is 12.7. The van der Waals surface area contributed by atoms with Crippen molar-refractivity contribution in [2.24, 2.45) is 5.41 Å². The van der Waals surface area contributed by atoms with Crippen LogP contribution in [0.15, 0.2) is 41.8 Å². The van der Waals surface area contributed by atoms with Crippen LogP contribution in [0, 0.1) is 5.41 Å². The van der Waals surface area contributed by atoms with Crippen molar-refractivity contribution in [2.75, 3.05) is 13.1 Å². The van der Waals surface area contributed by atoms with E-state index in [4.69, 9.17) is 0 Å². The number of nitrogens with one attached hydrogen (secondary N) is 1. The zero-order valence-corrected chi connectivity index (χ0v) is 15.5. The lowest BCUT2D eigenvalue weighted by Crippen LogP contribution is -2.43. The summed E-state index contributed by atoms with van der Waals surface area (Å²) in [6.07, 6.45) is 0.954. The first kappa shape index (κ1) is 17.2. The Balaban J connectivity index is 1.63. The van der Waals surface area contributed by atoms with Gasteiger partial charge in [0.15, 0.2) is 0 Å². The third-order valence-electron chi connectivity index (χ3n) is 4.63. The highest BCUT2D eigenvalue weighted by molar-refractivity contribution is 7.10. The molecule has 0 saturated heterocycles. The van der Waals surface area contributed by atoms with Crippen molar-refractivity contribution in [2.45, 2.75) is 39.8 Å². The first-order chi connectivity index (χ1) is 11.4.